The molecule has 6 N–H and O–H groups in total. The zero-order valence-corrected chi connectivity index (χ0v) is 47.6. The number of hydrogen-bond acceptors (Lipinski definition) is 8. The second-order valence-corrected chi connectivity index (χ2v) is 21.1. The van der Waals surface area contributed by atoms with Gasteiger partial charge in [-0.15, -0.1) is 0 Å². The SMILES string of the molecule is CC/C=C\C/C=C\C/C=C\C/C=C\C/C=C\C/C=C\CCCCCCCCCCCCCCC(=O)NC(COC1OC(CO)C(O)C(O)C1O)C(O)/C=C/CCCCCCCCCCCCCCCCCCCC. The topological polar surface area (TPSA) is 149 Å². The summed E-state index contributed by atoms with van der Waals surface area (Å²) < 4.78 is 11.3. The van der Waals surface area contributed by atoms with Gasteiger partial charge in [0, 0.05) is 6.42 Å². The molecule has 1 aliphatic heterocycles. The summed E-state index contributed by atoms with van der Waals surface area (Å²) in [6.07, 6.45) is 69.3. The smallest absolute Gasteiger partial charge is 0.220 e. The number of amides is 1. The fraction of sp³-hybridized carbons (Fsp3) is 0.769. The van der Waals surface area contributed by atoms with Gasteiger partial charge in [-0.3, -0.25) is 4.79 Å². The fourth-order valence-electron chi connectivity index (χ4n) is 9.40. The Hall–Kier alpha value is -2.63. The van der Waals surface area contributed by atoms with Gasteiger partial charge < -0.3 is 40.3 Å². The van der Waals surface area contributed by atoms with Crippen LogP contribution in [0.25, 0.3) is 0 Å². The molecule has 0 aliphatic carbocycles. The lowest BCUT2D eigenvalue weighted by Gasteiger charge is -2.40. The fourth-order valence-corrected chi connectivity index (χ4v) is 9.40. The third-order valence-electron chi connectivity index (χ3n) is 14.2. The van der Waals surface area contributed by atoms with Crippen molar-refractivity contribution in [2.75, 3.05) is 13.2 Å². The van der Waals surface area contributed by atoms with Crippen molar-refractivity contribution in [2.24, 2.45) is 0 Å². The third-order valence-corrected chi connectivity index (χ3v) is 14.2. The lowest BCUT2D eigenvalue weighted by molar-refractivity contribution is -0.302. The van der Waals surface area contributed by atoms with E-state index in [0.717, 1.165) is 77.0 Å². The molecule has 1 fully saturated rings. The molecule has 0 bridgehead atoms. The summed E-state index contributed by atoms with van der Waals surface area (Å²) in [5, 5.41) is 54.6. The van der Waals surface area contributed by atoms with Crippen LogP contribution in [0, 0.1) is 0 Å². The van der Waals surface area contributed by atoms with E-state index in [1.807, 2.05) is 6.08 Å². The van der Waals surface area contributed by atoms with E-state index in [1.165, 1.54) is 167 Å². The van der Waals surface area contributed by atoms with Crippen molar-refractivity contribution in [1.82, 2.24) is 5.32 Å². The number of allylic oxidation sites excluding steroid dienone is 13. The number of ether oxygens (including phenoxy) is 2. The predicted octanol–water partition coefficient (Wildman–Crippen LogP) is 15.8. The average molecular weight is 1040 g/mol. The minimum absolute atomic E-state index is 0.180. The summed E-state index contributed by atoms with van der Waals surface area (Å²) >= 11 is 0. The van der Waals surface area contributed by atoms with Crippen molar-refractivity contribution >= 4 is 5.91 Å². The first-order chi connectivity index (χ1) is 36.3. The third kappa shape index (κ3) is 42.5. The van der Waals surface area contributed by atoms with Gasteiger partial charge >= 0.3 is 0 Å². The van der Waals surface area contributed by atoms with Crippen LogP contribution in [0.5, 0.6) is 0 Å². The van der Waals surface area contributed by atoms with Crippen LogP contribution in [-0.2, 0) is 14.3 Å². The number of carbonyl (C=O) groups excluding carboxylic acids is 1. The van der Waals surface area contributed by atoms with Gasteiger partial charge in [0.15, 0.2) is 6.29 Å². The second-order valence-electron chi connectivity index (χ2n) is 21.1. The first-order valence-electron chi connectivity index (χ1n) is 30.8. The van der Waals surface area contributed by atoms with E-state index >= 15 is 0 Å². The minimum Gasteiger partial charge on any atom is -0.394 e. The summed E-state index contributed by atoms with van der Waals surface area (Å²) in [6.45, 7) is 3.68. The van der Waals surface area contributed by atoms with Crippen molar-refractivity contribution in [3.63, 3.8) is 0 Å². The van der Waals surface area contributed by atoms with Gasteiger partial charge in [0.25, 0.3) is 0 Å². The lowest BCUT2D eigenvalue weighted by atomic mass is 9.99. The number of hydrogen-bond donors (Lipinski definition) is 6. The maximum atomic E-state index is 13.1. The summed E-state index contributed by atoms with van der Waals surface area (Å²) in [5.74, 6) is -0.180. The minimum atomic E-state index is -1.57. The molecule has 0 aromatic carbocycles. The quantitative estimate of drug-likeness (QED) is 0.0261. The maximum absolute atomic E-state index is 13.1. The molecule has 1 amide bonds. The molecular formula is C65H115NO8. The predicted molar refractivity (Wildman–Crippen MR) is 313 cm³/mol. The average Bonchev–Trinajstić information content (AvgIpc) is 3.40. The highest BCUT2D eigenvalue weighted by molar-refractivity contribution is 5.76. The van der Waals surface area contributed by atoms with Crippen LogP contribution in [0.15, 0.2) is 85.1 Å². The molecular weight excluding hydrogens is 923 g/mol. The van der Waals surface area contributed by atoms with Crippen molar-refractivity contribution in [1.29, 1.82) is 0 Å². The zero-order chi connectivity index (χ0) is 53.6. The molecule has 1 rings (SSSR count). The Balaban J connectivity index is 2.19. The normalized spacial score (nSPS) is 19.6. The summed E-state index contributed by atoms with van der Waals surface area (Å²) in [5.41, 5.74) is 0. The van der Waals surface area contributed by atoms with Gasteiger partial charge in [0.05, 0.1) is 25.4 Å². The monoisotopic (exact) mass is 1040 g/mol. The van der Waals surface area contributed by atoms with Gasteiger partial charge in [-0.25, -0.2) is 0 Å². The van der Waals surface area contributed by atoms with E-state index in [2.05, 4.69) is 92.1 Å². The molecule has 0 radical (unpaired) electrons. The molecule has 0 spiro atoms. The van der Waals surface area contributed by atoms with Gasteiger partial charge in [-0.1, -0.05) is 272 Å². The Labute approximate surface area is 454 Å². The van der Waals surface area contributed by atoms with Crippen LogP contribution in [0.2, 0.25) is 0 Å². The van der Waals surface area contributed by atoms with E-state index in [4.69, 9.17) is 9.47 Å². The number of carbonyl (C=O) groups is 1. The Morgan fingerprint density at radius 3 is 1.24 bits per heavy atom. The number of nitrogens with one attached hydrogen (secondary N) is 1. The highest BCUT2D eigenvalue weighted by atomic mass is 16.7. The number of rotatable bonds is 52. The number of unbranched alkanes of at least 4 members (excludes halogenated alkanes) is 30. The van der Waals surface area contributed by atoms with Crippen LogP contribution in [0.1, 0.15) is 264 Å². The standard InChI is InChI=1S/C65H115NO8/c1-3-5-7-9-11-13-15-17-19-21-23-25-26-27-28-29-30-31-32-33-34-35-37-39-41-43-45-47-49-51-53-55-61(69)66-58(57-73-65-64(72)63(71)62(70)60(56-67)74-65)59(68)54-52-50-48-46-44-42-40-38-36-24-22-20-18-16-14-12-10-8-6-4-2/h5,7,11,13,17,19,23,25,27-28,30-31,52,54,58-60,62-65,67-68,70-72H,3-4,6,8-10,12,14-16,18,20-22,24,26,29,32-51,53,55-57H2,1-2H3,(H,66,69)/b7-5-,13-11-,19-17-,25-23-,28-27-,31-30-,54-52+. The summed E-state index contributed by atoms with van der Waals surface area (Å²) in [6, 6.07) is -0.811. The number of aliphatic hydroxyl groups is 5. The van der Waals surface area contributed by atoms with Crippen molar-refractivity contribution < 1.29 is 39.8 Å². The molecule has 9 heteroatoms. The second kappa shape index (κ2) is 53.8. The molecule has 7 unspecified atom stereocenters. The number of aliphatic hydroxyl groups excluding tert-OH is 5. The van der Waals surface area contributed by atoms with E-state index in [0.29, 0.717) is 6.42 Å². The first-order valence-corrected chi connectivity index (χ1v) is 30.8. The molecule has 1 aliphatic rings. The van der Waals surface area contributed by atoms with Crippen LogP contribution < -0.4 is 5.32 Å². The van der Waals surface area contributed by atoms with Crippen LogP contribution in [-0.4, -0.2) is 87.5 Å². The van der Waals surface area contributed by atoms with Crippen LogP contribution in [0.3, 0.4) is 0 Å². The van der Waals surface area contributed by atoms with E-state index in [1.54, 1.807) is 6.08 Å². The van der Waals surface area contributed by atoms with Gasteiger partial charge in [0.1, 0.15) is 24.4 Å². The first kappa shape index (κ1) is 69.4. The van der Waals surface area contributed by atoms with E-state index in [9.17, 15) is 30.3 Å². The molecule has 0 aromatic rings. The largest absolute Gasteiger partial charge is 0.394 e. The van der Waals surface area contributed by atoms with E-state index in [-0.39, 0.29) is 12.5 Å². The van der Waals surface area contributed by atoms with Crippen molar-refractivity contribution in [2.45, 2.75) is 307 Å². The highest BCUT2D eigenvalue weighted by Crippen LogP contribution is 2.23. The van der Waals surface area contributed by atoms with Gasteiger partial charge in [-0.2, -0.15) is 0 Å². The molecule has 1 heterocycles. The molecule has 0 saturated carbocycles. The van der Waals surface area contributed by atoms with E-state index < -0.39 is 49.5 Å². The van der Waals surface area contributed by atoms with Gasteiger partial charge in [0.2, 0.25) is 5.91 Å². The Morgan fingerprint density at radius 1 is 0.473 bits per heavy atom. The highest BCUT2D eigenvalue weighted by Gasteiger charge is 2.44. The van der Waals surface area contributed by atoms with Crippen LogP contribution in [0.4, 0.5) is 0 Å². The molecule has 9 nitrogen and oxygen atoms in total. The Morgan fingerprint density at radius 2 is 0.838 bits per heavy atom. The van der Waals surface area contributed by atoms with Gasteiger partial charge in [-0.05, 0) is 70.6 Å². The van der Waals surface area contributed by atoms with Crippen molar-refractivity contribution in [3.05, 3.63) is 85.1 Å². The zero-order valence-electron chi connectivity index (χ0n) is 47.6. The maximum Gasteiger partial charge on any atom is 0.220 e. The van der Waals surface area contributed by atoms with Crippen LogP contribution >= 0.6 is 0 Å². The summed E-state index contributed by atoms with van der Waals surface area (Å²) in [7, 11) is 0. The molecule has 0 aromatic heterocycles. The molecule has 428 valence electrons. The lowest BCUT2D eigenvalue weighted by Crippen LogP contribution is -2.60. The molecule has 1 saturated heterocycles. The van der Waals surface area contributed by atoms with Crippen molar-refractivity contribution in [3.8, 4) is 0 Å². The Bertz CT molecular complexity index is 1440. The molecule has 7 atom stereocenters. The summed E-state index contributed by atoms with van der Waals surface area (Å²) in [4.78, 5) is 13.1. The Kier molecular flexibility index (Phi) is 50.4. The molecule has 74 heavy (non-hydrogen) atoms.